The average molecular weight is 658 g/mol. The van der Waals surface area contributed by atoms with Gasteiger partial charge < -0.3 is 4.57 Å². The maximum atomic E-state index is 5.10. The van der Waals surface area contributed by atoms with Crippen LogP contribution >= 0.6 is 11.3 Å². The van der Waals surface area contributed by atoms with E-state index in [4.69, 9.17) is 9.97 Å². The first-order chi connectivity index (χ1) is 24.8. The number of benzene rings is 6. The number of hydrogen-bond acceptors (Lipinski definition) is 3. The Morgan fingerprint density at radius 2 is 1.38 bits per heavy atom. The van der Waals surface area contributed by atoms with Crippen molar-refractivity contribution in [1.82, 2.24) is 14.5 Å². The third-order valence-corrected chi connectivity index (χ3v) is 11.2. The van der Waals surface area contributed by atoms with E-state index in [-0.39, 0.29) is 5.92 Å². The fourth-order valence-electron chi connectivity index (χ4n) is 7.58. The van der Waals surface area contributed by atoms with Crippen LogP contribution < -0.4 is 0 Å². The van der Waals surface area contributed by atoms with Gasteiger partial charge in [0.25, 0.3) is 0 Å². The van der Waals surface area contributed by atoms with Crippen molar-refractivity contribution in [3.05, 3.63) is 181 Å². The molecule has 1 aliphatic rings. The van der Waals surface area contributed by atoms with Gasteiger partial charge in [0, 0.05) is 54.3 Å². The van der Waals surface area contributed by atoms with E-state index in [1.54, 1.807) is 0 Å². The lowest BCUT2D eigenvalue weighted by Crippen LogP contribution is -2.03. The zero-order valence-electron chi connectivity index (χ0n) is 27.2. The number of nitrogens with zero attached hydrogens (tertiary/aromatic N) is 3. The zero-order chi connectivity index (χ0) is 33.0. The lowest BCUT2D eigenvalue weighted by molar-refractivity contribution is 0.812. The highest BCUT2D eigenvalue weighted by molar-refractivity contribution is 7.26. The molecule has 0 fully saturated rings. The second-order valence-electron chi connectivity index (χ2n) is 12.9. The Labute approximate surface area is 294 Å². The van der Waals surface area contributed by atoms with E-state index in [9.17, 15) is 0 Å². The van der Waals surface area contributed by atoms with Crippen LogP contribution in [-0.4, -0.2) is 14.5 Å². The third-order valence-electron chi connectivity index (χ3n) is 10.0. The molecular weight excluding hydrogens is 627 g/mol. The molecule has 1 atom stereocenters. The summed E-state index contributed by atoms with van der Waals surface area (Å²) >= 11 is 1.88. The fraction of sp³-hybridized carbons (Fsp3) is 0.0435. The van der Waals surface area contributed by atoms with Crippen LogP contribution in [-0.2, 0) is 0 Å². The average Bonchev–Trinajstić information content (AvgIpc) is 3.74. The minimum atomic E-state index is 0.220. The summed E-state index contributed by atoms with van der Waals surface area (Å²) in [4.78, 5) is 9.84. The molecule has 3 heterocycles. The summed E-state index contributed by atoms with van der Waals surface area (Å²) < 4.78 is 5.04. The van der Waals surface area contributed by atoms with Crippen molar-refractivity contribution >= 4 is 58.9 Å². The van der Waals surface area contributed by atoms with Gasteiger partial charge in [-0.25, -0.2) is 9.97 Å². The summed E-state index contributed by atoms with van der Waals surface area (Å²) in [7, 11) is 0. The van der Waals surface area contributed by atoms with Crippen LogP contribution in [0.2, 0.25) is 0 Å². The van der Waals surface area contributed by atoms with Crippen molar-refractivity contribution in [2.24, 2.45) is 0 Å². The fourth-order valence-corrected chi connectivity index (χ4v) is 8.82. The van der Waals surface area contributed by atoms with Gasteiger partial charge in [0.2, 0.25) is 0 Å². The lowest BCUT2D eigenvalue weighted by Gasteiger charge is -2.17. The van der Waals surface area contributed by atoms with E-state index < -0.39 is 0 Å². The molecule has 9 aromatic rings. The summed E-state index contributed by atoms with van der Waals surface area (Å²) in [6.07, 6.45) is 9.63. The van der Waals surface area contributed by atoms with Crippen LogP contribution in [0.5, 0.6) is 0 Å². The molecule has 236 valence electrons. The smallest absolute Gasteiger partial charge is 0.159 e. The summed E-state index contributed by atoms with van der Waals surface area (Å²) in [5.74, 6) is 0.965. The van der Waals surface area contributed by atoms with E-state index in [0.717, 1.165) is 29.2 Å². The Bertz CT molecular complexity index is 2800. The highest BCUT2D eigenvalue weighted by atomic mass is 32.1. The number of rotatable bonds is 5. The number of para-hydroxylation sites is 1. The maximum absolute atomic E-state index is 5.10. The number of thiophene rings is 1. The molecule has 50 heavy (non-hydrogen) atoms. The Morgan fingerprint density at radius 3 is 2.28 bits per heavy atom. The van der Waals surface area contributed by atoms with E-state index in [1.807, 2.05) is 23.6 Å². The molecule has 0 bridgehead atoms. The molecule has 1 aliphatic carbocycles. The van der Waals surface area contributed by atoms with Gasteiger partial charge in [-0.15, -0.1) is 11.3 Å². The molecule has 0 saturated heterocycles. The molecule has 0 amide bonds. The second kappa shape index (κ2) is 11.8. The lowest BCUT2D eigenvalue weighted by atomic mass is 9.91. The Hall–Kier alpha value is -6.10. The predicted molar refractivity (Wildman–Crippen MR) is 211 cm³/mol. The van der Waals surface area contributed by atoms with Gasteiger partial charge >= 0.3 is 0 Å². The Balaban J connectivity index is 1.03. The number of aromatic nitrogens is 3. The van der Waals surface area contributed by atoms with Crippen molar-refractivity contribution in [3.8, 4) is 28.2 Å². The molecule has 1 unspecified atom stereocenters. The van der Waals surface area contributed by atoms with Gasteiger partial charge in [-0.2, -0.15) is 0 Å². The molecule has 0 saturated carbocycles. The van der Waals surface area contributed by atoms with Crippen molar-refractivity contribution in [2.45, 2.75) is 12.3 Å². The molecule has 6 aromatic carbocycles. The van der Waals surface area contributed by atoms with Crippen molar-refractivity contribution in [3.63, 3.8) is 0 Å². The quantitative estimate of drug-likeness (QED) is 0.184. The van der Waals surface area contributed by atoms with Gasteiger partial charge in [-0.1, -0.05) is 121 Å². The zero-order valence-corrected chi connectivity index (χ0v) is 28.0. The van der Waals surface area contributed by atoms with Crippen molar-refractivity contribution in [2.75, 3.05) is 0 Å². The van der Waals surface area contributed by atoms with Crippen molar-refractivity contribution in [1.29, 1.82) is 0 Å². The van der Waals surface area contributed by atoms with E-state index >= 15 is 0 Å². The molecular formula is C46H31N3S. The standard InChI is InChI=1S/C46H31N3S/c1-2-10-30(11-3-1)31-20-22-32(23-21-31)41-26-27-47-46(48-41)34-12-8-13-35(28-34)49-42-18-6-4-14-37(42)40-29-33(24-25-43(40)49)36-16-9-17-39-38-15-5-7-19-44(38)50-45(36)39/h1-22,24-29,32H,23H2. The summed E-state index contributed by atoms with van der Waals surface area (Å²) in [6, 6.07) is 52.3. The molecule has 0 N–H and O–H groups in total. The monoisotopic (exact) mass is 657 g/mol. The second-order valence-corrected chi connectivity index (χ2v) is 14.0. The van der Waals surface area contributed by atoms with Gasteiger partial charge in [-0.05, 0) is 71.1 Å². The van der Waals surface area contributed by atoms with Crippen LogP contribution in [0.15, 0.2) is 170 Å². The van der Waals surface area contributed by atoms with E-state index in [1.165, 1.54) is 64.2 Å². The van der Waals surface area contributed by atoms with Crippen LogP contribution in [0.25, 0.3) is 75.8 Å². The summed E-state index contributed by atoms with van der Waals surface area (Å²) in [5.41, 5.74) is 10.5. The van der Waals surface area contributed by atoms with Gasteiger partial charge in [0.05, 0.1) is 16.7 Å². The number of allylic oxidation sites excluding steroid dienone is 4. The first-order valence-corrected chi connectivity index (χ1v) is 17.9. The van der Waals surface area contributed by atoms with Crippen LogP contribution in [0.4, 0.5) is 0 Å². The van der Waals surface area contributed by atoms with E-state index in [0.29, 0.717) is 0 Å². The van der Waals surface area contributed by atoms with Crippen LogP contribution in [0.1, 0.15) is 23.6 Å². The first-order valence-electron chi connectivity index (χ1n) is 17.1. The SMILES string of the molecule is C1=CC(c2ccnc(-c3cccc(-n4c5ccccc5c5cc(-c6cccc7c6sc6ccccc67)ccc54)c3)n2)CC=C1c1ccccc1. The predicted octanol–water partition coefficient (Wildman–Crippen LogP) is 12.4. The maximum Gasteiger partial charge on any atom is 0.159 e. The largest absolute Gasteiger partial charge is 0.309 e. The van der Waals surface area contributed by atoms with Gasteiger partial charge in [0.1, 0.15) is 0 Å². The summed E-state index contributed by atoms with van der Waals surface area (Å²) in [6.45, 7) is 0. The van der Waals surface area contributed by atoms with Gasteiger partial charge in [0.15, 0.2) is 5.82 Å². The molecule has 4 heteroatoms. The Kier molecular flexibility index (Phi) is 6.81. The molecule has 3 aromatic heterocycles. The number of fused-ring (bicyclic) bond motifs is 6. The minimum absolute atomic E-state index is 0.220. The topological polar surface area (TPSA) is 30.7 Å². The third kappa shape index (κ3) is 4.80. The number of hydrogen-bond donors (Lipinski definition) is 0. The highest BCUT2D eigenvalue weighted by Crippen LogP contribution is 2.42. The first kappa shape index (κ1) is 28.9. The Morgan fingerprint density at radius 1 is 0.600 bits per heavy atom. The highest BCUT2D eigenvalue weighted by Gasteiger charge is 2.18. The van der Waals surface area contributed by atoms with Crippen molar-refractivity contribution < 1.29 is 0 Å². The normalized spacial score (nSPS) is 14.6. The van der Waals surface area contributed by atoms with Crippen LogP contribution in [0, 0.1) is 0 Å². The molecule has 0 spiro atoms. The van der Waals surface area contributed by atoms with Gasteiger partial charge in [-0.3, -0.25) is 0 Å². The minimum Gasteiger partial charge on any atom is -0.309 e. The molecule has 0 aliphatic heterocycles. The summed E-state index contributed by atoms with van der Waals surface area (Å²) in [5, 5.41) is 5.13. The van der Waals surface area contributed by atoms with Crippen LogP contribution in [0.3, 0.4) is 0 Å². The molecule has 10 rings (SSSR count). The molecule has 0 radical (unpaired) electrons. The molecule has 3 nitrogen and oxygen atoms in total. The van der Waals surface area contributed by atoms with E-state index in [2.05, 4.69) is 162 Å².